The molecule has 1 fully saturated rings. The summed E-state index contributed by atoms with van der Waals surface area (Å²) in [6.45, 7) is 4.85. The van der Waals surface area contributed by atoms with E-state index in [0.29, 0.717) is 5.41 Å². The molecule has 0 N–H and O–H groups in total. The largest absolute Gasteiger partial charge is 0.256 e. The lowest BCUT2D eigenvalue weighted by molar-refractivity contribution is 0.497. The van der Waals surface area contributed by atoms with E-state index in [1.165, 1.54) is 43.0 Å². The number of pyridine rings is 1. The van der Waals surface area contributed by atoms with Gasteiger partial charge in [0.2, 0.25) is 0 Å². The summed E-state index contributed by atoms with van der Waals surface area (Å²) in [5, 5.41) is 1.70. The Hall–Kier alpha value is -1.41. The fourth-order valence-corrected chi connectivity index (χ4v) is 10.4. The predicted octanol–water partition coefficient (Wildman–Crippen LogP) is 4.88. The summed E-state index contributed by atoms with van der Waals surface area (Å²) in [5.41, 5.74) is 4.31. The van der Waals surface area contributed by atoms with E-state index in [9.17, 15) is 0 Å². The van der Waals surface area contributed by atoms with E-state index in [1.54, 1.807) is 10.8 Å². The number of benzene rings is 1. The Morgan fingerprint density at radius 2 is 1.73 bits per heavy atom. The first-order valence-electron chi connectivity index (χ1n) is 8.67. The second-order valence-electron chi connectivity index (χ2n) is 7.85. The molecule has 1 saturated heterocycles. The van der Waals surface area contributed by atoms with Crippen molar-refractivity contribution in [2.75, 3.05) is 0 Å². The van der Waals surface area contributed by atoms with Gasteiger partial charge in [0.25, 0.3) is 0 Å². The molecule has 22 heavy (non-hydrogen) atoms. The van der Waals surface area contributed by atoms with E-state index < -0.39 is 8.07 Å². The van der Waals surface area contributed by atoms with E-state index in [1.807, 2.05) is 0 Å². The maximum Gasteiger partial charge on any atom is 0.0891 e. The smallest absolute Gasteiger partial charge is 0.0891 e. The lowest BCUT2D eigenvalue weighted by Crippen LogP contribution is -2.53. The predicted molar refractivity (Wildman–Crippen MR) is 96.4 cm³/mol. The highest BCUT2D eigenvalue weighted by Gasteiger charge is 2.46. The molecule has 0 bridgehead atoms. The summed E-state index contributed by atoms with van der Waals surface area (Å²) in [5.74, 6) is 0. The zero-order valence-electron chi connectivity index (χ0n) is 13.7. The van der Waals surface area contributed by atoms with Gasteiger partial charge in [0, 0.05) is 11.8 Å². The third kappa shape index (κ3) is 2.16. The molecular weight excluding hydrogens is 282 g/mol. The van der Waals surface area contributed by atoms with E-state index >= 15 is 0 Å². The zero-order valence-corrected chi connectivity index (χ0v) is 14.7. The highest BCUT2D eigenvalue weighted by atomic mass is 28.3. The normalized spacial score (nSPS) is 21.7. The van der Waals surface area contributed by atoms with Crippen molar-refractivity contribution in [3.63, 3.8) is 0 Å². The fraction of sp³-hybridized carbons (Fsp3) is 0.450. The van der Waals surface area contributed by atoms with Crippen LogP contribution in [-0.2, 0) is 5.41 Å². The maximum absolute atomic E-state index is 4.88. The topological polar surface area (TPSA) is 12.9 Å². The van der Waals surface area contributed by atoms with Crippen molar-refractivity contribution in [2.45, 2.75) is 56.7 Å². The SMILES string of the molecule is CC1(C)CC[Si]2(CCCC2)c2cnc(-c3ccccc3)cc21. The van der Waals surface area contributed by atoms with Gasteiger partial charge < -0.3 is 0 Å². The standard InChI is InChI=1S/C20H25NSi/c1-20(2)10-13-22(11-6-7-12-22)19-15-21-18(14-17(19)20)16-8-4-3-5-9-16/h3-5,8-9,14-15H,6-7,10-13H2,1-2H3. The second kappa shape index (κ2) is 5.06. The Bertz CT molecular complexity index is 684. The van der Waals surface area contributed by atoms with Crippen LogP contribution in [0, 0.1) is 0 Å². The summed E-state index contributed by atoms with van der Waals surface area (Å²) in [6, 6.07) is 17.5. The van der Waals surface area contributed by atoms with Crippen LogP contribution in [0.1, 0.15) is 38.7 Å². The van der Waals surface area contributed by atoms with E-state index in [-0.39, 0.29) is 0 Å². The molecule has 0 amide bonds. The molecule has 0 saturated carbocycles. The van der Waals surface area contributed by atoms with Crippen molar-refractivity contribution < 1.29 is 0 Å². The monoisotopic (exact) mass is 307 g/mol. The van der Waals surface area contributed by atoms with Crippen molar-refractivity contribution in [2.24, 2.45) is 0 Å². The van der Waals surface area contributed by atoms with Crippen LogP contribution in [-0.4, -0.2) is 13.1 Å². The molecule has 1 spiro atoms. The molecule has 2 aliphatic rings. The number of aromatic nitrogens is 1. The van der Waals surface area contributed by atoms with Gasteiger partial charge >= 0.3 is 0 Å². The van der Waals surface area contributed by atoms with Crippen molar-refractivity contribution in [1.29, 1.82) is 0 Å². The van der Waals surface area contributed by atoms with Gasteiger partial charge in [-0.15, -0.1) is 0 Å². The Balaban J connectivity index is 1.86. The molecular formula is C20H25NSi. The quantitative estimate of drug-likeness (QED) is 0.684. The molecule has 114 valence electrons. The van der Waals surface area contributed by atoms with Gasteiger partial charge in [0.05, 0.1) is 13.8 Å². The Morgan fingerprint density at radius 3 is 2.45 bits per heavy atom. The number of nitrogens with zero attached hydrogens (tertiary/aromatic N) is 1. The molecule has 3 heterocycles. The summed E-state index contributed by atoms with van der Waals surface area (Å²) in [4.78, 5) is 4.88. The van der Waals surface area contributed by atoms with Crippen LogP contribution >= 0.6 is 0 Å². The van der Waals surface area contributed by atoms with Gasteiger partial charge in [-0.25, -0.2) is 0 Å². The number of hydrogen-bond acceptors (Lipinski definition) is 1. The summed E-state index contributed by atoms with van der Waals surface area (Å²) in [7, 11) is -1.22. The molecule has 0 unspecified atom stereocenters. The molecule has 0 radical (unpaired) electrons. The number of hydrogen-bond donors (Lipinski definition) is 0. The van der Waals surface area contributed by atoms with Gasteiger partial charge in [0.1, 0.15) is 0 Å². The molecule has 2 heteroatoms. The highest BCUT2D eigenvalue weighted by Crippen LogP contribution is 2.44. The van der Waals surface area contributed by atoms with Crippen LogP contribution in [0.5, 0.6) is 0 Å². The van der Waals surface area contributed by atoms with E-state index in [0.717, 1.165) is 5.69 Å². The lowest BCUT2D eigenvalue weighted by atomic mass is 9.81. The van der Waals surface area contributed by atoms with Crippen LogP contribution in [0.4, 0.5) is 0 Å². The summed E-state index contributed by atoms with van der Waals surface area (Å²) in [6.07, 6.45) is 6.54. The highest BCUT2D eigenvalue weighted by molar-refractivity contribution is 6.93. The van der Waals surface area contributed by atoms with Crippen molar-refractivity contribution >= 4 is 13.3 Å². The van der Waals surface area contributed by atoms with Crippen molar-refractivity contribution in [3.8, 4) is 11.3 Å². The van der Waals surface area contributed by atoms with Gasteiger partial charge in [-0.05, 0) is 28.7 Å². The Morgan fingerprint density at radius 1 is 1.00 bits per heavy atom. The minimum atomic E-state index is -1.22. The van der Waals surface area contributed by atoms with Crippen molar-refractivity contribution in [1.82, 2.24) is 4.98 Å². The molecule has 0 atom stereocenters. The minimum Gasteiger partial charge on any atom is -0.256 e. The zero-order chi connectivity index (χ0) is 15.2. The lowest BCUT2D eigenvalue weighted by Gasteiger charge is -2.42. The molecule has 1 nitrogen and oxygen atoms in total. The van der Waals surface area contributed by atoms with Gasteiger partial charge in [-0.2, -0.15) is 0 Å². The summed E-state index contributed by atoms with van der Waals surface area (Å²) >= 11 is 0. The molecule has 1 aromatic heterocycles. The summed E-state index contributed by atoms with van der Waals surface area (Å²) < 4.78 is 0. The first-order valence-corrected chi connectivity index (χ1v) is 11.3. The maximum atomic E-state index is 4.88. The van der Waals surface area contributed by atoms with Crippen LogP contribution in [0.3, 0.4) is 0 Å². The second-order valence-corrected chi connectivity index (χ2v) is 12.5. The van der Waals surface area contributed by atoms with E-state index in [4.69, 9.17) is 4.98 Å². The van der Waals surface area contributed by atoms with Crippen LogP contribution in [0.2, 0.25) is 18.1 Å². The number of rotatable bonds is 1. The van der Waals surface area contributed by atoms with Gasteiger partial charge in [-0.3, -0.25) is 4.98 Å². The molecule has 2 aromatic rings. The molecule has 1 aromatic carbocycles. The molecule has 0 aliphatic carbocycles. The first-order chi connectivity index (χ1) is 10.6. The minimum absolute atomic E-state index is 0.308. The van der Waals surface area contributed by atoms with Crippen LogP contribution < -0.4 is 5.19 Å². The van der Waals surface area contributed by atoms with Crippen molar-refractivity contribution in [3.05, 3.63) is 48.2 Å². The fourth-order valence-electron chi connectivity index (χ4n) is 4.60. The molecule has 4 rings (SSSR count). The van der Waals surface area contributed by atoms with Gasteiger partial charge in [0.15, 0.2) is 0 Å². The number of fused-ring (bicyclic) bond motifs is 2. The average molecular weight is 308 g/mol. The Labute approximate surface area is 134 Å². The third-order valence-electron chi connectivity index (χ3n) is 6.06. The Kier molecular flexibility index (Phi) is 3.26. The third-order valence-corrected chi connectivity index (χ3v) is 11.4. The van der Waals surface area contributed by atoms with Crippen LogP contribution in [0.25, 0.3) is 11.3 Å². The van der Waals surface area contributed by atoms with Gasteiger partial charge in [-0.1, -0.05) is 75.2 Å². The first kappa shape index (κ1) is 14.2. The molecule has 2 aliphatic heterocycles. The van der Waals surface area contributed by atoms with Crippen LogP contribution in [0.15, 0.2) is 42.6 Å². The van der Waals surface area contributed by atoms with E-state index in [2.05, 4.69) is 56.4 Å². The average Bonchev–Trinajstić information content (AvgIpc) is 3.02.